The molecule has 2 atom stereocenters. The number of nitrogens with zero attached hydrogens (tertiary/aromatic N) is 1. The summed E-state index contributed by atoms with van der Waals surface area (Å²) in [5.74, 6) is 1.77. The van der Waals surface area contributed by atoms with Gasteiger partial charge in [0.25, 0.3) is 5.91 Å². The number of fused-ring (bicyclic) bond motifs is 2. The Morgan fingerprint density at radius 2 is 1.79 bits per heavy atom. The second-order valence-corrected chi connectivity index (χ2v) is 11.3. The first kappa shape index (κ1) is 22.7. The number of furan rings is 1. The molecule has 1 saturated heterocycles. The molecule has 0 radical (unpaired) electrons. The summed E-state index contributed by atoms with van der Waals surface area (Å²) in [4.78, 5) is 13.1. The summed E-state index contributed by atoms with van der Waals surface area (Å²) in [6, 6.07) is 10.3. The number of aryl methyl sites for hydroxylation is 1. The maximum Gasteiger partial charge on any atom is 0.287 e. The number of sulfonamides is 1. The Hall–Kier alpha value is -3.04. The third kappa shape index (κ3) is 4.14. The van der Waals surface area contributed by atoms with Crippen molar-refractivity contribution in [2.24, 2.45) is 11.8 Å². The minimum Gasteiger partial charge on any atom is -0.454 e. The van der Waals surface area contributed by atoms with Gasteiger partial charge >= 0.3 is 0 Å². The van der Waals surface area contributed by atoms with Gasteiger partial charge in [-0.15, -0.1) is 0 Å². The van der Waals surface area contributed by atoms with Gasteiger partial charge in [0.2, 0.25) is 16.8 Å². The van der Waals surface area contributed by atoms with Crippen LogP contribution >= 0.6 is 0 Å². The van der Waals surface area contributed by atoms with Crippen LogP contribution in [0, 0.1) is 18.8 Å². The van der Waals surface area contributed by atoms with Crippen LogP contribution in [0.25, 0.3) is 11.0 Å². The Kier molecular flexibility index (Phi) is 5.77. The molecular weight excluding hydrogens is 456 g/mol. The van der Waals surface area contributed by atoms with E-state index in [1.165, 1.54) is 0 Å². The van der Waals surface area contributed by atoms with Crippen LogP contribution in [0.1, 0.15) is 41.9 Å². The Balaban J connectivity index is 1.36. The van der Waals surface area contributed by atoms with Crippen molar-refractivity contribution in [2.45, 2.75) is 38.6 Å². The minimum atomic E-state index is -3.63. The number of rotatable bonds is 5. The summed E-state index contributed by atoms with van der Waals surface area (Å²) in [5, 5.41) is 3.48. The molecule has 2 aromatic carbocycles. The monoisotopic (exact) mass is 484 g/mol. The van der Waals surface area contributed by atoms with Crippen molar-refractivity contribution < 1.29 is 27.1 Å². The summed E-state index contributed by atoms with van der Waals surface area (Å²) >= 11 is 0. The molecule has 3 heterocycles. The topological polar surface area (TPSA) is 98.1 Å². The average Bonchev–Trinajstić information content (AvgIpc) is 3.40. The lowest BCUT2D eigenvalue weighted by atomic mass is 9.94. The van der Waals surface area contributed by atoms with E-state index in [4.69, 9.17) is 13.9 Å². The van der Waals surface area contributed by atoms with Gasteiger partial charge in [-0.2, -0.15) is 4.31 Å². The fraction of sp³-hybridized carbons (Fsp3) is 0.400. The number of hydrogen-bond donors (Lipinski definition) is 1. The molecule has 0 saturated carbocycles. The largest absolute Gasteiger partial charge is 0.454 e. The quantitative estimate of drug-likeness (QED) is 0.586. The molecule has 8 nitrogen and oxygen atoms in total. The molecule has 1 fully saturated rings. The molecule has 0 spiro atoms. The molecule has 2 aliphatic rings. The van der Waals surface area contributed by atoms with E-state index >= 15 is 0 Å². The first-order chi connectivity index (χ1) is 16.2. The summed E-state index contributed by atoms with van der Waals surface area (Å²) < 4.78 is 44.7. The van der Waals surface area contributed by atoms with Gasteiger partial charge < -0.3 is 19.2 Å². The predicted molar refractivity (Wildman–Crippen MR) is 126 cm³/mol. The normalized spacial score (nSPS) is 20.6. The van der Waals surface area contributed by atoms with E-state index in [0.29, 0.717) is 53.0 Å². The number of benzene rings is 2. The van der Waals surface area contributed by atoms with Gasteiger partial charge in [0.1, 0.15) is 5.58 Å². The molecule has 1 amide bonds. The zero-order chi connectivity index (χ0) is 24.0. The Bertz CT molecular complexity index is 1350. The van der Waals surface area contributed by atoms with Crippen molar-refractivity contribution in [1.29, 1.82) is 0 Å². The molecule has 0 aliphatic carbocycles. The number of carbonyl (C=O) groups excluding carboxylic acids is 1. The van der Waals surface area contributed by atoms with Gasteiger partial charge in [-0.3, -0.25) is 4.79 Å². The van der Waals surface area contributed by atoms with Gasteiger partial charge in [0, 0.05) is 30.6 Å². The van der Waals surface area contributed by atoms with Gasteiger partial charge in [-0.1, -0.05) is 19.9 Å². The van der Waals surface area contributed by atoms with E-state index in [1.807, 2.05) is 18.2 Å². The molecule has 9 heteroatoms. The second kappa shape index (κ2) is 8.63. The summed E-state index contributed by atoms with van der Waals surface area (Å²) in [6.45, 7) is 7.44. The molecule has 2 aliphatic heterocycles. The van der Waals surface area contributed by atoms with E-state index in [9.17, 15) is 13.2 Å². The summed E-state index contributed by atoms with van der Waals surface area (Å²) in [5.41, 5.74) is 1.95. The summed E-state index contributed by atoms with van der Waals surface area (Å²) in [6.07, 6.45) is 1.02. The van der Waals surface area contributed by atoms with Crippen LogP contribution in [0.5, 0.6) is 11.5 Å². The zero-order valence-corrected chi connectivity index (χ0v) is 20.3. The van der Waals surface area contributed by atoms with Crippen LogP contribution in [0.2, 0.25) is 0 Å². The van der Waals surface area contributed by atoms with Crippen LogP contribution in [0.3, 0.4) is 0 Å². The first-order valence-electron chi connectivity index (χ1n) is 11.4. The molecule has 0 bridgehead atoms. The lowest BCUT2D eigenvalue weighted by Gasteiger charge is -2.34. The molecule has 1 N–H and O–H groups in total. The number of hydrogen-bond acceptors (Lipinski definition) is 6. The van der Waals surface area contributed by atoms with E-state index in [-0.39, 0.29) is 29.9 Å². The van der Waals surface area contributed by atoms with E-state index in [1.54, 1.807) is 29.4 Å². The number of nitrogens with one attached hydrogen (secondary N) is 1. The second-order valence-electron chi connectivity index (χ2n) is 9.35. The highest BCUT2D eigenvalue weighted by molar-refractivity contribution is 7.89. The molecule has 1 aromatic heterocycles. The van der Waals surface area contributed by atoms with Gasteiger partial charge in [-0.05, 0) is 61.1 Å². The third-order valence-electron chi connectivity index (χ3n) is 6.48. The Labute approximate surface area is 198 Å². The average molecular weight is 485 g/mol. The Morgan fingerprint density at radius 1 is 1.06 bits per heavy atom. The van der Waals surface area contributed by atoms with Crippen molar-refractivity contribution >= 4 is 26.9 Å². The highest BCUT2D eigenvalue weighted by Crippen LogP contribution is 2.33. The van der Waals surface area contributed by atoms with Crippen molar-refractivity contribution in [3.05, 3.63) is 53.3 Å². The van der Waals surface area contributed by atoms with Crippen molar-refractivity contribution in [1.82, 2.24) is 9.62 Å². The number of ether oxygens (including phenoxy) is 2. The van der Waals surface area contributed by atoms with Crippen LogP contribution in [0.4, 0.5) is 0 Å². The fourth-order valence-corrected chi connectivity index (χ4v) is 6.55. The molecule has 180 valence electrons. The van der Waals surface area contributed by atoms with Crippen molar-refractivity contribution in [3.8, 4) is 11.5 Å². The van der Waals surface area contributed by atoms with E-state index in [0.717, 1.165) is 12.0 Å². The molecule has 5 rings (SSSR count). The van der Waals surface area contributed by atoms with Crippen molar-refractivity contribution in [3.63, 3.8) is 0 Å². The number of carbonyl (C=O) groups is 1. The SMILES string of the molecule is Cc1c(C(=O)NCc2ccc3c(c2)OCO3)oc2ccc(S(=O)(=O)N3CC(C)CC(C)C3)cc12. The number of piperidine rings is 1. The third-order valence-corrected chi connectivity index (χ3v) is 8.30. The van der Waals surface area contributed by atoms with Crippen LogP contribution in [-0.2, 0) is 16.6 Å². The predicted octanol–water partition coefficient (Wildman–Crippen LogP) is 4.07. The van der Waals surface area contributed by atoms with Crippen LogP contribution < -0.4 is 14.8 Å². The molecular formula is C25H28N2O6S. The zero-order valence-electron chi connectivity index (χ0n) is 19.5. The maximum atomic E-state index is 13.3. The molecule has 34 heavy (non-hydrogen) atoms. The van der Waals surface area contributed by atoms with Crippen LogP contribution in [0.15, 0.2) is 45.7 Å². The van der Waals surface area contributed by atoms with E-state index < -0.39 is 10.0 Å². The molecule has 3 aromatic rings. The maximum absolute atomic E-state index is 13.3. The standard InChI is InChI=1S/C25H28N2O6S/c1-15-8-16(2)13-27(12-15)34(29,30)19-5-7-21-20(10-19)17(3)24(33-21)25(28)26-11-18-4-6-22-23(9-18)32-14-31-22/h4-7,9-10,15-16H,8,11-14H2,1-3H3,(H,26,28). The van der Waals surface area contributed by atoms with Crippen molar-refractivity contribution in [2.75, 3.05) is 19.9 Å². The lowest BCUT2D eigenvalue weighted by Crippen LogP contribution is -2.42. The van der Waals surface area contributed by atoms with E-state index in [2.05, 4.69) is 19.2 Å². The first-order valence-corrected chi connectivity index (χ1v) is 12.9. The smallest absolute Gasteiger partial charge is 0.287 e. The van der Waals surface area contributed by atoms with Gasteiger partial charge in [0.15, 0.2) is 17.3 Å². The fourth-order valence-electron chi connectivity index (χ4n) is 4.84. The summed E-state index contributed by atoms with van der Waals surface area (Å²) in [7, 11) is -3.63. The highest BCUT2D eigenvalue weighted by atomic mass is 32.2. The Morgan fingerprint density at radius 3 is 2.56 bits per heavy atom. The number of amides is 1. The molecule has 2 unspecified atom stereocenters. The highest BCUT2D eigenvalue weighted by Gasteiger charge is 2.32. The minimum absolute atomic E-state index is 0.172. The van der Waals surface area contributed by atoms with Gasteiger partial charge in [-0.25, -0.2) is 8.42 Å². The van der Waals surface area contributed by atoms with Gasteiger partial charge in [0.05, 0.1) is 4.90 Å². The van der Waals surface area contributed by atoms with Crippen LogP contribution in [-0.4, -0.2) is 38.5 Å². The lowest BCUT2D eigenvalue weighted by molar-refractivity contribution is 0.0924.